The second-order valence-corrected chi connectivity index (χ2v) is 4.46. The highest BCUT2D eigenvalue weighted by molar-refractivity contribution is 7.14. The molecular formula is C12H11N3O3S. The Morgan fingerprint density at radius 3 is 2.68 bits per heavy atom. The van der Waals surface area contributed by atoms with Crippen LogP contribution in [0.2, 0.25) is 0 Å². The number of para-hydroxylation sites is 1. The van der Waals surface area contributed by atoms with Crippen molar-refractivity contribution in [2.45, 2.75) is 0 Å². The Bertz CT molecular complexity index is 583. The second-order valence-electron chi connectivity index (χ2n) is 3.61. The molecular weight excluding hydrogens is 266 g/mol. The Balaban J connectivity index is 1.99. The first-order valence-corrected chi connectivity index (χ1v) is 6.31. The third kappa shape index (κ3) is 3.78. The number of nitrogens with one attached hydrogen (secondary N) is 2. The normalized spacial score (nSPS) is 9.89. The molecule has 0 fully saturated rings. The van der Waals surface area contributed by atoms with Crippen LogP contribution >= 0.6 is 11.3 Å². The van der Waals surface area contributed by atoms with Crippen molar-refractivity contribution in [2.75, 3.05) is 11.9 Å². The predicted molar refractivity (Wildman–Crippen MR) is 71.8 cm³/mol. The first-order chi connectivity index (χ1) is 9.15. The minimum atomic E-state index is -1.09. The number of aromatic nitrogens is 1. The van der Waals surface area contributed by atoms with E-state index in [1.54, 1.807) is 5.38 Å². The summed E-state index contributed by atoms with van der Waals surface area (Å²) in [5.41, 5.74) is 1.07. The van der Waals surface area contributed by atoms with Crippen molar-refractivity contribution in [1.82, 2.24) is 10.3 Å². The number of aliphatic carboxylic acids is 1. The fraction of sp³-hybridized carbons (Fsp3) is 0.0833. The number of hydrogen-bond acceptors (Lipinski definition) is 5. The van der Waals surface area contributed by atoms with Crippen LogP contribution in [0.4, 0.5) is 10.8 Å². The van der Waals surface area contributed by atoms with Gasteiger partial charge in [0.2, 0.25) is 0 Å². The molecule has 98 valence electrons. The molecule has 0 bridgehead atoms. The van der Waals surface area contributed by atoms with Gasteiger partial charge in [0.1, 0.15) is 12.2 Å². The zero-order valence-corrected chi connectivity index (χ0v) is 10.6. The lowest BCUT2D eigenvalue weighted by atomic mass is 10.3. The minimum Gasteiger partial charge on any atom is -0.480 e. The maximum atomic E-state index is 11.6. The van der Waals surface area contributed by atoms with Crippen molar-refractivity contribution in [3.05, 3.63) is 41.4 Å². The molecule has 0 radical (unpaired) electrons. The largest absolute Gasteiger partial charge is 0.480 e. The fourth-order valence-corrected chi connectivity index (χ4v) is 2.04. The van der Waals surface area contributed by atoms with E-state index in [0.717, 1.165) is 5.69 Å². The number of nitrogens with zero attached hydrogens (tertiary/aromatic N) is 1. The van der Waals surface area contributed by atoms with Crippen LogP contribution in [0.1, 0.15) is 10.5 Å². The van der Waals surface area contributed by atoms with E-state index in [1.807, 2.05) is 30.3 Å². The van der Waals surface area contributed by atoms with E-state index in [9.17, 15) is 9.59 Å². The first kappa shape index (κ1) is 13.0. The first-order valence-electron chi connectivity index (χ1n) is 5.43. The summed E-state index contributed by atoms with van der Waals surface area (Å²) in [7, 11) is 0. The maximum Gasteiger partial charge on any atom is 0.322 e. The van der Waals surface area contributed by atoms with Gasteiger partial charge < -0.3 is 15.7 Å². The summed E-state index contributed by atoms with van der Waals surface area (Å²) >= 11 is 1.28. The third-order valence-corrected chi connectivity index (χ3v) is 2.92. The lowest BCUT2D eigenvalue weighted by Gasteiger charge is -2.01. The van der Waals surface area contributed by atoms with Crippen LogP contribution in [-0.2, 0) is 4.79 Å². The Morgan fingerprint density at radius 1 is 1.26 bits per heavy atom. The van der Waals surface area contributed by atoms with Gasteiger partial charge in [0.25, 0.3) is 5.91 Å². The van der Waals surface area contributed by atoms with Crippen LogP contribution in [0, 0.1) is 0 Å². The number of carbonyl (C=O) groups is 2. The number of rotatable bonds is 5. The molecule has 7 heteroatoms. The van der Waals surface area contributed by atoms with Crippen LogP contribution in [0.3, 0.4) is 0 Å². The number of hydrogen-bond donors (Lipinski definition) is 3. The van der Waals surface area contributed by atoms with Gasteiger partial charge in [0, 0.05) is 11.1 Å². The number of amides is 1. The van der Waals surface area contributed by atoms with Gasteiger partial charge in [0.15, 0.2) is 5.13 Å². The zero-order valence-electron chi connectivity index (χ0n) is 9.79. The molecule has 0 atom stereocenters. The molecule has 1 aromatic carbocycles. The average molecular weight is 277 g/mol. The van der Waals surface area contributed by atoms with E-state index >= 15 is 0 Å². The molecule has 0 aliphatic rings. The average Bonchev–Trinajstić information content (AvgIpc) is 2.85. The lowest BCUT2D eigenvalue weighted by molar-refractivity contribution is -0.135. The molecule has 3 N–H and O–H groups in total. The monoisotopic (exact) mass is 277 g/mol. The highest BCUT2D eigenvalue weighted by Crippen LogP contribution is 2.20. The molecule has 0 unspecified atom stereocenters. The molecule has 2 rings (SSSR count). The van der Waals surface area contributed by atoms with Crippen molar-refractivity contribution < 1.29 is 14.7 Å². The molecule has 1 amide bonds. The number of carboxylic acid groups (broad SMARTS) is 1. The van der Waals surface area contributed by atoms with E-state index in [4.69, 9.17) is 5.11 Å². The van der Waals surface area contributed by atoms with Crippen molar-refractivity contribution in [3.8, 4) is 0 Å². The molecule has 6 nitrogen and oxygen atoms in total. The fourth-order valence-electron chi connectivity index (χ4n) is 1.33. The number of carboxylic acids is 1. The Hall–Kier alpha value is -2.41. The van der Waals surface area contributed by atoms with Gasteiger partial charge in [-0.05, 0) is 12.1 Å². The molecule has 0 spiro atoms. The molecule has 1 aromatic heterocycles. The van der Waals surface area contributed by atoms with E-state index in [0.29, 0.717) is 5.13 Å². The van der Waals surface area contributed by atoms with Gasteiger partial charge in [-0.1, -0.05) is 18.2 Å². The number of anilines is 2. The van der Waals surface area contributed by atoms with Gasteiger partial charge in [-0.25, -0.2) is 4.98 Å². The highest BCUT2D eigenvalue weighted by Gasteiger charge is 2.11. The Kier molecular flexibility index (Phi) is 4.09. The topological polar surface area (TPSA) is 91.3 Å². The van der Waals surface area contributed by atoms with Crippen molar-refractivity contribution in [3.63, 3.8) is 0 Å². The molecule has 1 heterocycles. The standard InChI is InChI=1S/C12H11N3O3S/c16-10(17)6-13-11(18)9-7-19-12(15-9)14-8-4-2-1-3-5-8/h1-5,7H,6H2,(H,13,18)(H,14,15)(H,16,17). The van der Waals surface area contributed by atoms with Gasteiger partial charge in [-0.2, -0.15) is 0 Å². The van der Waals surface area contributed by atoms with E-state index in [2.05, 4.69) is 15.6 Å². The summed E-state index contributed by atoms with van der Waals surface area (Å²) < 4.78 is 0. The van der Waals surface area contributed by atoms with Gasteiger partial charge >= 0.3 is 5.97 Å². The summed E-state index contributed by atoms with van der Waals surface area (Å²) in [6.07, 6.45) is 0. The quantitative estimate of drug-likeness (QED) is 0.773. The van der Waals surface area contributed by atoms with Gasteiger partial charge in [0.05, 0.1) is 0 Å². The minimum absolute atomic E-state index is 0.199. The van der Waals surface area contributed by atoms with Crippen LogP contribution in [0.25, 0.3) is 0 Å². The maximum absolute atomic E-state index is 11.6. The molecule has 0 aliphatic heterocycles. The summed E-state index contributed by atoms with van der Waals surface area (Å²) in [4.78, 5) is 26.0. The third-order valence-electron chi connectivity index (χ3n) is 2.16. The van der Waals surface area contributed by atoms with Gasteiger partial charge in [-0.3, -0.25) is 9.59 Å². The molecule has 0 saturated carbocycles. The predicted octanol–water partition coefficient (Wildman–Crippen LogP) is 1.70. The lowest BCUT2D eigenvalue weighted by Crippen LogP contribution is -2.29. The smallest absolute Gasteiger partial charge is 0.322 e. The molecule has 0 aliphatic carbocycles. The summed E-state index contributed by atoms with van der Waals surface area (Å²) in [5, 5.41) is 15.9. The van der Waals surface area contributed by atoms with Crippen molar-refractivity contribution in [1.29, 1.82) is 0 Å². The number of carbonyl (C=O) groups excluding carboxylic acids is 1. The van der Waals surface area contributed by atoms with Crippen LogP contribution in [0.5, 0.6) is 0 Å². The molecule has 2 aromatic rings. The van der Waals surface area contributed by atoms with Crippen molar-refractivity contribution >= 4 is 34.0 Å². The number of thiazole rings is 1. The highest BCUT2D eigenvalue weighted by atomic mass is 32.1. The number of benzene rings is 1. The zero-order chi connectivity index (χ0) is 13.7. The Morgan fingerprint density at radius 2 is 2.00 bits per heavy atom. The molecule has 19 heavy (non-hydrogen) atoms. The summed E-state index contributed by atoms with van der Waals surface area (Å²) in [6.45, 7) is -0.419. The van der Waals surface area contributed by atoms with Gasteiger partial charge in [-0.15, -0.1) is 11.3 Å². The van der Waals surface area contributed by atoms with Crippen molar-refractivity contribution in [2.24, 2.45) is 0 Å². The SMILES string of the molecule is O=C(O)CNC(=O)c1csc(Nc2ccccc2)n1. The summed E-state index contributed by atoms with van der Waals surface area (Å²) in [6, 6.07) is 9.43. The second kappa shape index (κ2) is 5.96. The molecule has 0 saturated heterocycles. The van der Waals surface area contributed by atoms with Crippen LogP contribution in [-0.4, -0.2) is 28.5 Å². The Labute approximate surface area is 113 Å². The van der Waals surface area contributed by atoms with E-state index in [1.165, 1.54) is 11.3 Å². The van der Waals surface area contributed by atoms with Crippen LogP contribution in [0.15, 0.2) is 35.7 Å². The van der Waals surface area contributed by atoms with E-state index < -0.39 is 18.4 Å². The summed E-state index contributed by atoms with van der Waals surface area (Å²) in [5.74, 6) is -1.59. The van der Waals surface area contributed by atoms with E-state index in [-0.39, 0.29) is 5.69 Å². The van der Waals surface area contributed by atoms with Crippen LogP contribution < -0.4 is 10.6 Å².